The largest absolute Gasteiger partial charge is 0.385 e. The van der Waals surface area contributed by atoms with Gasteiger partial charge in [-0.15, -0.1) is 0 Å². The summed E-state index contributed by atoms with van der Waals surface area (Å²) in [6, 6.07) is 6.19. The van der Waals surface area contributed by atoms with E-state index in [-0.39, 0.29) is 5.56 Å². The average molecular weight is 214 g/mol. The maximum Gasteiger partial charge on any atom is 0.251 e. The van der Waals surface area contributed by atoms with E-state index in [9.17, 15) is 4.79 Å². The van der Waals surface area contributed by atoms with Crippen LogP contribution in [0.3, 0.4) is 0 Å². The number of pyridine rings is 1. The van der Waals surface area contributed by atoms with Crippen LogP contribution in [-0.4, -0.2) is 11.5 Å². The summed E-state index contributed by atoms with van der Waals surface area (Å²) < 4.78 is 0. The summed E-state index contributed by atoms with van der Waals surface area (Å²) in [5.41, 5.74) is 4.21. The number of hydrogen-bond acceptors (Lipinski definition) is 2. The van der Waals surface area contributed by atoms with Crippen LogP contribution >= 0.6 is 0 Å². The third kappa shape index (κ3) is 1.40. The molecule has 0 spiro atoms. The second kappa shape index (κ2) is 3.37. The lowest BCUT2D eigenvalue weighted by Crippen LogP contribution is -2.13. The van der Waals surface area contributed by atoms with Gasteiger partial charge in [-0.05, 0) is 48.9 Å². The zero-order valence-electron chi connectivity index (χ0n) is 9.26. The van der Waals surface area contributed by atoms with Crippen LogP contribution in [0.5, 0.6) is 0 Å². The number of aryl methyl sites for hydroxylation is 2. The van der Waals surface area contributed by atoms with E-state index in [0.717, 1.165) is 29.4 Å². The van der Waals surface area contributed by atoms with E-state index in [1.54, 1.807) is 0 Å². The van der Waals surface area contributed by atoms with E-state index in [2.05, 4.69) is 16.4 Å². The normalized spacial score (nSPS) is 14.6. The molecule has 0 aliphatic carbocycles. The number of fused-ring (bicyclic) bond motifs is 2. The van der Waals surface area contributed by atoms with Crippen LogP contribution in [0.25, 0.3) is 10.9 Å². The summed E-state index contributed by atoms with van der Waals surface area (Å²) in [7, 11) is 0. The Bertz CT molecular complexity index is 613. The second-order valence-electron chi connectivity index (χ2n) is 4.41. The van der Waals surface area contributed by atoms with Gasteiger partial charge in [-0.3, -0.25) is 4.79 Å². The molecule has 1 aliphatic heterocycles. The van der Waals surface area contributed by atoms with Crippen molar-refractivity contribution in [3.05, 3.63) is 39.7 Å². The first kappa shape index (κ1) is 9.46. The smallest absolute Gasteiger partial charge is 0.251 e. The Kier molecular flexibility index (Phi) is 1.99. The zero-order chi connectivity index (χ0) is 11.1. The first-order valence-corrected chi connectivity index (χ1v) is 5.64. The van der Waals surface area contributed by atoms with Crippen LogP contribution in [0.2, 0.25) is 0 Å². The molecule has 0 atom stereocenters. The molecular weight excluding hydrogens is 200 g/mol. The van der Waals surface area contributed by atoms with Crippen molar-refractivity contribution in [3.63, 3.8) is 0 Å². The lowest BCUT2D eigenvalue weighted by molar-refractivity contribution is 0.831. The molecule has 1 aliphatic rings. The predicted molar refractivity (Wildman–Crippen MR) is 66.1 cm³/mol. The van der Waals surface area contributed by atoms with Crippen molar-refractivity contribution in [3.8, 4) is 0 Å². The molecule has 0 saturated carbocycles. The maximum absolute atomic E-state index is 11.5. The highest BCUT2D eigenvalue weighted by Crippen LogP contribution is 2.26. The fourth-order valence-electron chi connectivity index (χ4n) is 2.28. The minimum Gasteiger partial charge on any atom is -0.385 e. The summed E-state index contributed by atoms with van der Waals surface area (Å²) in [6.07, 6.45) is 2.30. The summed E-state index contributed by atoms with van der Waals surface area (Å²) in [5, 5.41) is 4.49. The van der Waals surface area contributed by atoms with Gasteiger partial charge in [0.2, 0.25) is 0 Å². The third-order valence-electron chi connectivity index (χ3n) is 3.19. The Balaban J connectivity index is 2.31. The van der Waals surface area contributed by atoms with Crippen molar-refractivity contribution in [2.45, 2.75) is 19.8 Å². The molecule has 0 radical (unpaired) electrons. The topological polar surface area (TPSA) is 44.9 Å². The molecule has 1 aromatic carbocycles. The van der Waals surface area contributed by atoms with E-state index < -0.39 is 0 Å². The Morgan fingerprint density at radius 3 is 3.00 bits per heavy atom. The summed E-state index contributed by atoms with van der Waals surface area (Å²) in [4.78, 5) is 14.4. The first-order chi connectivity index (χ1) is 7.74. The van der Waals surface area contributed by atoms with E-state index in [0.29, 0.717) is 0 Å². The SMILES string of the molecule is Cc1cc2cc3c(cc2[nH]c1=O)NCCC3. The van der Waals surface area contributed by atoms with Gasteiger partial charge in [0.1, 0.15) is 0 Å². The first-order valence-electron chi connectivity index (χ1n) is 5.64. The van der Waals surface area contributed by atoms with Gasteiger partial charge >= 0.3 is 0 Å². The van der Waals surface area contributed by atoms with Crippen molar-refractivity contribution in [1.82, 2.24) is 4.98 Å². The summed E-state index contributed by atoms with van der Waals surface area (Å²) >= 11 is 0. The Labute approximate surface area is 93.5 Å². The lowest BCUT2D eigenvalue weighted by Gasteiger charge is -2.18. The van der Waals surface area contributed by atoms with Gasteiger partial charge in [-0.1, -0.05) is 0 Å². The van der Waals surface area contributed by atoms with Crippen LogP contribution < -0.4 is 10.9 Å². The van der Waals surface area contributed by atoms with E-state index in [4.69, 9.17) is 0 Å². The van der Waals surface area contributed by atoms with Crippen LogP contribution in [0, 0.1) is 6.92 Å². The van der Waals surface area contributed by atoms with Crippen LogP contribution in [0.15, 0.2) is 23.0 Å². The fourth-order valence-corrected chi connectivity index (χ4v) is 2.28. The van der Waals surface area contributed by atoms with Gasteiger partial charge in [0, 0.05) is 17.8 Å². The predicted octanol–water partition coefficient (Wildman–Crippen LogP) is 2.19. The Morgan fingerprint density at radius 1 is 1.25 bits per heavy atom. The Hall–Kier alpha value is -1.77. The number of anilines is 1. The molecular formula is C13H14N2O. The molecule has 0 unspecified atom stereocenters. The van der Waals surface area contributed by atoms with Gasteiger partial charge in [0.15, 0.2) is 0 Å². The Morgan fingerprint density at radius 2 is 2.12 bits per heavy atom. The zero-order valence-corrected chi connectivity index (χ0v) is 9.26. The lowest BCUT2D eigenvalue weighted by atomic mass is 10.0. The minimum atomic E-state index is 0.00302. The van der Waals surface area contributed by atoms with Gasteiger partial charge in [0.25, 0.3) is 5.56 Å². The van der Waals surface area contributed by atoms with E-state index >= 15 is 0 Å². The number of aromatic amines is 1. The highest BCUT2D eigenvalue weighted by atomic mass is 16.1. The number of nitrogens with one attached hydrogen (secondary N) is 2. The number of benzene rings is 1. The molecule has 0 amide bonds. The van der Waals surface area contributed by atoms with Gasteiger partial charge in [-0.25, -0.2) is 0 Å². The van der Waals surface area contributed by atoms with E-state index in [1.165, 1.54) is 17.7 Å². The molecule has 2 heterocycles. The molecule has 3 heteroatoms. The van der Waals surface area contributed by atoms with Crippen LogP contribution in [-0.2, 0) is 6.42 Å². The number of hydrogen-bond donors (Lipinski definition) is 2. The van der Waals surface area contributed by atoms with Crippen molar-refractivity contribution >= 4 is 16.6 Å². The van der Waals surface area contributed by atoms with Crippen molar-refractivity contribution in [1.29, 1.82) is 0 Å². The second-order valence-corrected chi connectivity index (χ2v) is 4.41. The standard InChI is InChI=1S/C13H14N2O/c1-8-5-10-6-9-3-2-4-14-11(9)7-12(10)15-13(8)16/h5-7,14H,2-4H2,1H3,(H,15,16). The monoisotopic (exact) mass is 214 g/mol. The van der Waals surface area contributed by atoms with Crippen molar-refractivity contribution in [2.24, 2.45) is 0 Å². The number of H-pyrrole nitrogens is 1. The third-order valence-corrected chi connectivity index (χ3v) is 3.19. The quantitative estimate of drug-likeness (QED) is 0.706. The molecule has 2 aromatic rings. The summed E-state index contributed by atoms with van der Waals surface area (Å²) in [5.74, 6) is 0. The van der Waals surface area contributed by atoms with Crippen molar-refractivity contribution in [2.75, 3.05) is 11.9 Å². The molecule has 0 saturated heterocycles. The van der Waals surface area contributed by atoms with Crippen LogP contribution in [0.4, 0.5) is 5.69 Å². The molecule has 2 N–H and O–H groups in total. The van der Waals surface area contributed by atoms with Gasteiger partial charge < -0.3 is 10.3 Å². The van der Waals surface area contributed by atoms with Crippen LogP contribution in [0.1, 0.15) is 17.5 Å². The van der Waals surface area contributed by atoms with Gasteiger partial charge in [-0.2, -0.15) is 0 Å². The highest BCUT2D eigenvalue weighted by molar-refractivity contribution is 5.84. The van der Waals surface area contributed by atoms with E-state index in [1.807, 2.05) is 19.1 Å². The molecule has 82 valence electrons. The summed E-state index contributed by atoms with van der Waals surface area (Å²) in [6.45, 7) is 2.87. The number of aromatic nitrogens is 1. The molecule has 3 rings (SSSR count). The maximum atomic E-state index is 11.5. The average Bonchev–Trinajstić information content (AvgIpc) is 2.28. The van der Waals surface area contributed by atoms with Crippen molar-refractivity contribution < 1.29 is 0 Å². The van der Waals surface area contributed by atoms with Gasteiger partial charge in [0.05, 0.1) is 5.52 Å². The fraction of sp³-hybridized carbons (Fsp3) is 0.308. The molecule has 0 fully saturated rings. The molecule has 0 bridgehead atoms. The minimum absolute atomic E-state index is 0.00302. The molecule has 3 nitrogen and oxygen atoms in total. The molecule has 16 heavy (non-hydrogen) atoms. The molecule has 1 aromatic heterocycles. The number of rotatable bonds is 0. The highest BCUT2D eigenvalue weighted by Gasteiger charge is 2.10.